The quantitative estimate of drug-likeness (QED) is 0.584. The molecule has 0 heterocycles. The molecule has 0 aliphatic rings. The molecule has 4 heteroatoms. The zero-order valence-electron chi connectivity index (χ0n) is 9.99. The summed E-state index contributed by atoms with van der Waals surface area (Å²) in [7, 11) is 0. The van der Waals surface area contributed by atoms with Crippen molar-refractivity contribution >= 4 is 5.91 Å². The molecular formula is C11H24N2O2. The molecule has 4 nitrogen and oxygen atoms in total. The summed E-state index contributed by atoms with van der Waals surface area (Å²) >= 11 is 0. The summed E-state index contributed by atoms with van der Waals surface area (Å²) in [6.45, 7) is 6.12. The van der Waals surface area contributed by atoms with E-state index in [1.54, 1.807) is 0 Å². The average molecular weight is 216 g/mol. The Balaban J connectivity index is 3.49. The van der Waals surface area contributed by atoms with Crippen molar-refractivity contribution in [2.24, 2.45) is 11.7 Å². The van der Waals surface area contributed by atoms with E-state index in [4.69, 9.17) is 5.73 Å². The molecule has 0 rings (SSSR count). The van der Waals surface area contributed by atoms with Gasteiger partial charge in [0.2, 0.25) is 5.91 Å². The molecule has 15 heavy (non-hydrogen) atoms. The molecule has 2 atom stereocenters. The highest BCUT2D eigenvalue weighted by molar-refractivity contribution is 5.75. The molecule has 0 saturated carbocycles. The Labute approximate surface area is 92.2 Å². The van der Waals surface area contributed by atoms with Crippen LogP contribution in [0.5, 0.6) is 0 Å². The van der Waals surface area contributed by atoms with Crippen LogP contribution in [0.1, 0.15) is 40.0 Å². The molecule has 4 N–H and O–H groups in total. The largest absolute Gasteiger partial charge is 0.391 e. The molecule has 0 fully saturated rings. The second-order valence-electron chi connectivity index (χ2n) is 4.48. The first-order chi connectivity index (χ1) is 6.93. The van der Waals surface area contributed by atoms with Crippen molar-refractivity contribution in [2.45, 2.75) is 52.2 Å². The predicted molar refractivity (Wildman–Crippen MR) is 61.4 cm³/mol. The zero-order valence-corrected chi connectivity index (χ0v) is 9.99. The fourth-order valence-electron chi connectivity index (χ4n) is 1.13. The van der Waals surface area contributed by atoms with E-state index in [0.717, 1.165) is 12.8 Å². The lowest BCUT2D eigenvalue weighted by Gasteiger charge is -2.15. The third kappa shape index (κ3) is 8.39. The van der Waals surface area contributed by atoms with Gasteiger partial charge in [-0.05, 0) is 25.7 Å². The molecule has 0 aromatic rings. The lowest BCUT2D eigenvalue weighted by Crippen LogP contribution is -2.34. The molecule has 0 aliphatic heterocycles. The van der Waals surface area contributed by atoms with Crippen LogP contribution in [0.3, 0.4) is 0 Å². The van der Waals surface area contributed by atoms with Crippen molar-refractivity contribution in [3.05, 3.63) is 0 Å². The van der Waals surface area contributed by atoms with Gasteiger partial charge in [-0.25, -0.2) is 0 Å². The Morgan fingerprint density at radius 3 is 2.47 bits per heavy atom. The van der Waals surface area contributed by atoms with Crippen molar-refractivity contribution in [3.63, 3.8) is 0 Å². The van der Waals surface area contributed by atoms with Crippen LogP contribution in [0, 0.1) is 5.92 Å². The van der Waals surface area contributed by atoms with Gasteiger partial charge in [0, 0.05) is 19.0 Å². The van der Waals surface area contributed by atoms with Crippen molar-refractivity contribution in [1.29, 1.82) is 0 Å². The highest BCUT2D eigenvalue weighted by atomic mass is 16.3. The van der Waals surface area contributed by atoms with Crippen molar-refractivity contribution in [2.75, 3.05) is 6.54 Å². The Kier molecular flexibility index (Phi) is 7.34. The molecular weight excluding hydrogens is 192 g/mol. The van der Waals surface area contributed by atoms with Crippen LogP contribution in [0.25, 0.3) is 0 Å². The number of nitrogens with two attached hydrogens (primary N) is 1. The van der Waals surface area contributed by atoms with Crippen LogP contribution in [-0.2, 0) is 4.79 Å². The van der Waals surface area contributed by atoms with Crippen LogP contribution in [0.4, 0.5) is 0 Å². The summed E-state index contributed by atoms with van der Waals surface area (Å²) in [4.78, 5) is 11.3. The van der Waals surface area contributed by atoms with E-state index in [2.05, 4.69) is 5.32 Å². The number of carbonyl (C=O) groups excluding carboxylic acids is 1. The van der Waals surface area contributed by atoms with Crippen molar-refractivity contribution in [1.82, 2.24) is 5.32 Å². The number of aliphatic hydroxyl groups excluding tert-OH is 1. The minimum Gasteiger partial charge on any atom is -0.391 e. The Morgan fingerprint density at radius 1 is 1.40 bits per heavy atom. The van der Waals surface area contributed by atoms with Gasteiger partial charge < -0.3 is 16.2 Å². The van der Waals surface area contributed by atoms with E-state index in [9.17, 15) is 9.90 Å². The molecule has 1 amide bonds. The summed E-state index contributed by atoms with van der Waals surface area (Å²) < 4.78 is 0. The molecule has 0 spiro atoms. The lowest BCUT2D eigenvalue weighted by molar-refractivity contribution is -0.121. The maximum atomic E-state index is 11.3. The maximum Gasteiger partial charge on any atom is 0.220 e. The fourth-order valence-corrected chi connectivity index (χ4v) is 1.13. The predicted octanol–water partition coefficient (Wildman–Crippen LogP) is 0.637. The third-order valence-electron chi connectivity index (χ3n) is 2.34. The third-order valence-corrected chi connectivity index (χ3v) is 2.34. The van der Waals surface area contributed by atoms with Gasteiger partial charge in [-0.2, -0.15) is 0 Å². The standard InChI is InChI=1S/C11H24N2O2/c1-8(2)10(14)7-13-11(15)6-4-5-9(3)12/h8-10,14H,4-7,12H2,1-3H3,(H,13,15). The molecule has 0 aromatic carbocycles. The average Bonchev–Trinajstić information content (AvgIpc) is 2.13. The van der Waals surface area contributed by atoms with Crippen LogP contribution in [-0.4, -0.2) is 29.7 Å². The van der Waals surface area contributed by atoms with E-state index in [0.29, 0.717) is 13.0 Å². The number of aliphatic hydroxyl groups is 1. The molecule has 90 valence electrons. The number of nitrogens with one attached hydrogen (secondary N) is 1. The Bertz CT molecular complexity index is 181. The lowest BCUT2D eigenvalue weighted by atomic mass is 10.1. The first-order valence-electron chi connectivity index (χ1n) is 5.63. The normalized spacial score (nSPS) is 15.1. The number of hydrogen-bond acceptors (Lipinski definition) is 3. The van der Waals surface area contributed by atoms with Gasteiger partial charge in [0.05, 0.1) is 6.10 Å². The van der Waals surface area contributed by atoms with Crippen molar-refractivity contribution in [3.8, 4) is 0 Å². The van der Waals surface area contributed by atoms with Gasteiger partial charge in [0.1, 0.15) is 0 Å². The van der Waals surface area contributed by atoms with Crippen molar-refractivity contribution < 1.29 is 9.90 Å². The van der Waals surface area contributed by atoms with Gasteiger partial charge in [-0.1, -0.05) is 13.8 Å². The van der Waals surface area contributed by atoms with E-state index in [1.807, 2.05) is 20.8 Å². The zero-order chi connectivity index (χ0) is 11.8. The smallest absolute Gasteiger partial charge is 0.220 e. The summed E-state index contributed by atoms with van der Waals surface area (Å²) in [6.07, 6.45) is 1.70. The van der Waals surface area contributed by atoms with Gasteiger partial charge >= 0.3 is 0 Å². The number of amides is 1. The maximum absolute atomic E-state index is 11.3. The minimum atomic E-state index is -0.456. The van der Waals surface area contributed by atoms with Crippen LogP contribution < -0.4 is 11.1 Å². The van der Waals surface area contributed by atoms with E-state index >= 15 is 0 Å². The van der Waals surface area contributed by atoms with Crippen LogP contribution in [0.2, 0.25) is 0 Å². The van der Waals surface area contributed by atoms with Crippen LogP contribution in [0.15, 0.2) is 0 Å². The Morgan fingerprint density at radius 2 is 2.00 bits per heavy atom. The summed E-state index contributed by atoms with van der Waals surface area (Å²) in [5.41, 5.74) is 5.57. The number of carbonyl (C=O) groups is 1. The molecule has 0 radical (unpaired) electrons. The molecule has 2 unspecified atom stereocenters. The SMILES string of the molecule is CC(N)CCCC(=O)NCC(O)C(C)C. The second kappa shape index (κ2) is 7.65. The fraction of sp³-hybridized carbons (Fsp3) is 0.909. The van der Waals surface area contributed by atoms with Gasteiger partial charge in [0.25, 0.3) is 0 Å². The Hall–Kier alpha value is -0.610. The van der Waals surface area contributed by atoms with Crippen LogP contribution >= 0.6 is 0 Å². The van der Waals surface area contributed by atoms with E-state index in [-0.39, 0.29) is 17.9 Å². The van der Waals surface area contributed by atoms with E-state index in [1.165, 1.54) is 0 Å². The summed E-state index contributed by atoms with van der Waals surface area (Å²) in [6, 6.07) is 0.152. The summed E-state index contributed by atoms with van der Waals surface area (Å²) in [5, 5.41) is 12.2. The first kappa shape index (κ1) is 14.4. The highest BCUT2D eigenvalue weighted by Crippen LogP contribution is 2.01. The first-order valence-corrected chi connectivity index (χ1v) is 5.63. The highest BCUT2D eigenvalue weighted by Gasteiger charge is 2.10. The van der Waals surface area contributed by atoms with Gasteiger partial charge in [-0.3, -0.25) is 4.79 Å². The van der Waals surface area contributed by atoms with E-state index < -0.39 is 6.10 Å². The molecule has 0 aromatic heterocycles. The molecule has 0 aliphatic carbocycles. The molecule has 0 saturated heterocycles. The number of hydrogen-bond donors (Lipinski definition) is 3. The second-order valence-corrected chi connectivity index (χ2v) is 4.48. The van der Waals surface area contributed by atoms with Gasteiger partial charge in [-0.15, -0.1) is 0 Å². The summed E-state index contributed by atoms with van der Waals surface area (Å²) in [5.74, 6) is 0.171. The minimum absolute atomic E-state index is 0.00431. The monoisotopic (exact) mass is 216 g/mol. The molecule has 0 bridgehead atoms. The van der Waals surface area contributed by atoms with Gasteiger partial charge in [0.15, 0.2) is 0 Å². The topological polar surface area (TPSA) is 75.4 Å². The number of rotatable bonds is 7.